The minimum absolute atomic E-state index is 0.0609. The van der Waals surface area contributed by atoms with Crippen molar-refractivity contribution in [2.75, 3.05) is 0 Å². The first-order chi connectivity index (χ1) is 12.1. The molecule has 0 N–H and O–H groups in total. The molecule has 26 heavy (non-hydrogen) atoms. The van der Waals surface area contributed by atoms with Gasteiger partial charge in [0.05, 0.1) is 35.9 Å². The third-order valence-electron chi connectivity index (χ3n) is 4.33. The van der Waals surface area contributed by atoms with Crippen molar-refractivity contribution in [2.45, 2.75) is 65.5 Å². The zero-order valence-electron chi connectivity index (χ0n) is 16.7. The first kappa shape index (κ1) is 18.4. The molecule has 0 atom stereocenters. The molecular formula is C21H29N5. The molecule has 0 bridgehead atoms. The first-order valence-electron chi connectivity index (χ1n) is 9.14. The third-order valence-corrected chi connectivity index (χ3v) is 4.33. The van der Waals surface area contributed by atoms with E-state index in [1.807, 2.05) is 33.9 Å². The van der Waals surface area contributed by atoms with Crippen LogP contribution in [0.25, 0.3) is 0 Å². The van der Waals surface area contributed by atoms with Gasteiger partial charge >= 0.3 is 0 Å². The Labute approximate surface area is 156 Å². The van der Waals surface area contributed by atoms with E-state index in [9.17, 15) is 0 Å². The highest BCUT2D eigenvalue weighted by Crippen LogP contribution is 2.20. The van der Waals surface area contributed by atoms with Crippen LogP contribution in [0.5, 0.6) is 0 Å². The van der Waals surface area contributed by atoms with E-state index in [1.165, 1.54) is 0 Å². The van der Waals surface area contributed by atoms with Crippen molar-refractivity contribution in [1.82, 2.24) is 24.5 Å². The maximum atomic E-state index is 4.78. The van der Waals surface area contributed by atoms with E-state index in [1.54, 1.807) is 0 Å². The number of hydrogen-bond acceptors (Lipinski definition) is 3. The molecular weight excluding hydrogens is 322 g/mol. The normalized spacial score (nSPS) is 12.5. The second-order valence-corrected chi connectivity index (χ2v) is 8.92. The lowest BCUT2D eigenvalue weighted by Crippen LogP contribution is -2.14. The zero-order chi connectivity index (χ0) is 18.9. The molecule has 0 fully saturated rings. The van der Waals surface area contributed by atoms with Gasteiger partial charge < -0.3 is 0 Å². The van der Waals surface area contributed by atoms with Crippen LogP contribution in [0, 0.1) is 0 Å². The van der Waals surface area contributed by atoms with Crippen molar-refractivity contribution in [1.29, 1.82) is 0 Å². The van der Waals surface area contributed by atoms with Gasteiger partial charge in [0.15, 0.2) is 0 Å². The standard InChI is InChI=1S/C21H29N5/c1-20(2,3)18-10-12-25(23-18)14-16-8-7-9-17(22-16)15-26-13-11-19(24-26)21(4,5)6/h7-13H,14-15H2,1-6H3. The fraction of sp³-hybridized carbons (Fsp3) is 0.476. The smallest absolute Gasteiger partial charge is 0.0831 e. The molecule has 0 saturated carbocycles. The minimum Gasteiger partial charge on any atom is -0.266 e. The lowest BCUT2D eigenvalue weighted by atomic mass is 9.93. The Kier molecular flexibility index (Phi) is 4.74. The maximum absolute atomic E-state index is 4.78. The Morgan fingerprint density at radius 3 is 1.46 bits per heavy atom. The molecule has 0 aliphatic carbocycles. The van der Waals surface area contributed by atoms with Crippen molar-refractivity contribution < 1.29 is 0 Å². The average molecular weight is 351 g/mol. The van der Waals surface area contributed by atoms with E-state index in [2.05, 4.69) is 69.9 Å². The molecule has 0 unspecified atom stereocenters. The number of hydrogen-bond donors (Lipinski definition) is 0. The summed E-state index contributed by atoms with van der Waals surface area (Å²) >= 11 is 0. The van der Waals surface area contributed by atoms with Gasteiger partial charge in [-0.1, -0.05) is 47.6 Å². The number of aromatic nitrogens is 5. The Morgan fingerprint density at radius 2 is 1.12 bits per heavy atom. The minimum atomic E-state index is 0.0609. The van der Waals surface area contributed by atoms with Crippen LogP contribution in [0.1, 0.15) is 64.3 Å². The van der Waals surface area contributed by atoms with Crippen molar-refractivity contribution in [3.63, 3.8) is 0 Å². The summed E-state index contributed by atoms with van der Waals surface area (Å²) in [5, 5.41) is 9.36. The van der Waals surface area contributed by atoms with Gasteiger partial charge in [-0.3, -0.25) is 14.3 Å². The van der Waals surface area contributed by atoms with Gasteiger partial charge in [-0.05, 0) is 24.3 Å². The summed E-state index contributed by atoms with van der Waals surface area (Å²) in [6.45, 7) is 14.4. The van der Waals surface area contributed by atoms with Crippen molar-refractivity contribution in [3.05, 3.63) is 65.5 Å². The highest BCUT2D eigenvalue weighted by molar-refractivity contribution is 5.15. The maximum Gasteiger partial charge on any atom is 0.0831 e. The highest BCUT2D eigenvalue weighted by Gasteiger charge is 2.18. The van der Waals surface area contributed by atoms with E-state index in [-0.39, 0.29) is 10.8 Å². The second kappa shape index (κ2) is 6.71. The molecule has 0 radical (unpaired) electrons. The van der Waals surface area contributed by atoms with E-state index >= 15 is 0 Å². The summed E-state index contributed by atoms with van der Waals surface area (Å²) in [4.78, 5) is 4.78. The molecule has 3 aromatic heterocycles. The average Bonchev–Trinajstić information content (AvgIpc) is 3.16. The lowest BCUT2D eigenvalue weighted by molar-refractivity contribution is 0.540. The van der Waals surface area contributed by atoms with Crippen LogP contribution in [0.15, 0.2) is 42.7 Å². The van der Waals surface area contributed by atoms with Gasteiger partial charge in [0.25, 0.3) is 0 Å². The summed E-state index contributed by atoms with van der Waals surface area (Å²) in [5.74, 6) is 0. The van der Waals surface area contributed by atoms with Gasteiger partial charge in [-0.25, -0.2) is 0 Å². The Hall–Kier alpha value is -2.43. The van der Waals surface area contributed by atoms with Crippen molar-refractivity contribution >= 4 is 0 Å². The molecule has 0 spiro atoms. The Morgan fingerprint density at radius 1 is 0.692 bits per heavy atom. The molecule has 0 amide bonds. The fourth-order valence-corrected chi connectivity index (χ4v) is 2.74. The summed E-state index contributed by atoms with van der Waals surface area (Å²) in [6, 6.07) is 10.3. The van der Waals surface area contributed by atoms with E-state index in [4.69, 9.17) is 4.98 Å². The van der Waals surface area contributed by atoms with Crippen molar-refractivity contribution in [3.8, 4) is 0 Å². The summed E-state index contributed by atoms with van der Waals surface area (Å²) < 4.78 is 3.91. The summed E-state index contributed by atoms with van der Waals surface area (Å²) in [7, 11) is 0. The molecule has 3 heterocycles. The predicted octanol–water partition coefficient (Wildman–Crippen LogP) is 4.17. The van der Waals surface area contributed by atoms with Gasteiger partial charge in [-0.15, -0.1) is 0 Å². The van der Waals surface area contributed by atoms with E-state index in [0.717, 1.165) is 22.8 Å². The molecule has 0 aliphatic rings. The molecule has 5 nitrogen and oxygen atoms in total. The van der Waals surface area contributed by atoms with Crippen LogP contribution in [-0.2, 0) is 23.9 Å². The first-order valence-corrected chi connectivity index (χ1v) is 9.14. The van der Waals surface area contributed by atoms with Crippen LogP contribution < -0.4 is 0 Å². The highest BCUT2D eigenvalue weighted by atomic mass is 15.3. The predicted molar refractivity (Wildman–Crippen MR) is 104 cm³/mol. The SMILES string of the molecule is CC(C)(C)c1ccn(Cc2cccc(Cn3ccc(C(C)(C)C)n3)n2)n1. The van der Waals surface area contributed by atoms with Gasteiger partial charge in [0.1, 0.15) is 0 Å². The largest absolute Gasteiger partial charge is 0.266 e. The van der Waals surface area contributed by atoms with Crippen LogP contribution >= 0.6 is 0 Å². The van der Waals surface area contributed by atoms with Crippen molar-refractivity contribution in [2.24, 2.45) is 0 Å². The molecule has 0 aliphatic heterocycles. The molecule has 3 rings (SSSR count). The second-order valence-electron chi connectivity index (χ2n) is 8.92. The van der Waals surface area contributed by atoms with Gasteiger partial charge in [-0.2, -0.15) is 10.2 Å². The molecule has 0 aromatic carbocycles. The fourth-order valence-electron chi connectivity index (χ4n) is 2.74. The molecule has 0 saturated heterocycles. The Bertz CT molecular complexity index is 805. The number of rotatable bonds is 4. The van der Waals surface area contributed by atoms with Gasteiger partial charge in [0, 0.05) is 23.2 Å². The molecule has 5 heteroatoms. The van der Waals surface area contributed by atoms with Crippen LogP contribution in [0.4, 0.5) is 0 Å². The monoisotopic (exact) mass is 351 g/mol. The van der Waals surface area contributed by atoms with Crippen LogP contribution in [0.3, 0.4) is 0 Å². The summed E-state index contributed by atoms with van der Waals surface area (Å²) in [6.07, 6.45) is 4.05. The lowest BCUT2D eigenvalue weighted by Gasteiger charge is -2.14. The zero-order valence-corrected chi connectivity index (χ0v) is 16.7. The molecule has 138 valence electrons. The summed E-state index contributed by atoms with van der Waals surface area (Å²) in [5.41, 5.74) is 4.33. The van der Waals surface area contributed by atoms with Crippen LogP contribution in [-0.4, -0.2) is 24.5 Å². The van der Waals surface area contributed by atoms with E-state index < -0.39 is 0 Å². The van der Waals surface area contributed by atoms with Gasteiger partial charge in [0.2, 0.25) is 0 Å². The third kappa shape index (κ3) is 4.40. The Balaban J connectivity index is 1.72. The molecule has 3 aromatic rings. The quantitative estimate of drug-likeness (QED) is 0.709. The van der Waals surface area contributed by atoms with Crippen LogP contribution in [0.2, 0.25) is 0 Å². The topological polar surface area (TPSA) is 48.5 Å². The number of nitrogens with zero attached hydrogens (tertiary/aromatic N) is 5. The van der Waals surface area contributed by atoms with E-state index in [0.29, 0.717) is 13.1 Å². The number of pyridine rings is 1.